The molecule has 0 bridgehead atoms. The lowest BCUT2D eigenvalue weighted by atomic mass is 10.1. The fraction of sp³-hybridized carbons (Fsp3) is 0.200. The van der Waals surface area contributed by atoms with Crippen LogP contribution in [0, 0.1) is 6.92 Å². The number of H-pyrrole nitrogens is 2. The van der Waals surface area contributed by atoms with Crippen LogP contribution in [0.2, 0.25) is 0 Å². The Balaban J connectivity index is 1.95. The van der Waals surface area contributed by atoms with Crippen LogP contribution in [0.25, 0.3) is 0 Å². The summed E-state index contributed by atoms with van der Waals surface area (Å²) in [4.78, 5) is 39.1. The van der Waals surface area contributed by atoms with Crippen LogP contribution in [0.1, 0.15) is 23.2 Å². The third-order valence-electron chi connectivity index (χ3n) is 3.24. The number of halogens is 1. The van der Waals surface area contributed by atoms with Crippen molar-refractivity contribution in [1.82, 2.24) is 15.4 Å². The van der Waals surface area contributed by atoms with Crippen LogP contribution in [0.5, 0.6) is 5.75 Å². The summed E-state index contributed by atoms with van der Waals surface area (Å²) >= 11 is 3.27. The molecule has 126 valence electrons. The predicted molar refractivity (Wildman–Crippen MR) is 92.3 cm³/mol. The summed E-state index contributed by atoms with van der Waals surface area (Å²) in [5.74, 6) is -0.364. The van der Waals surface area contributed by atoms with Crippen LogP contribution >= 0.6 is 15.9 Å². The second-order valence-electron chi connectivity index (χ2n) is 5.01. The molecule has 0 aliphatic carbocycles. The highest BCUT2D eigenvalue weighted by atomic mass is 79.9. The first kappa shape index (κ1) is 17.7. The lowest BCUT2D eigenvalue weighted by molar-refractivity contribution is -0.121. The van der Waals surface area contributed by atoms with E-state index in [0.29, 0.717) is 16.8 Å². The molecule has 0 spiro atoms. The second-order valence-corrected chi connectivity index (χ2v) is 5.92. The number of aryl methyl sites for hydroxylation is 1. The van der Waals surface area contributed by atoms with Crippen LogP contribution in [-0.4, -0.2) is 27.2 Å². The normalized spacial score (nSPS) is 10.9. The SMILES string of the molecule is Cc1[nH]c(=O)[nH]c(=O)c1CCC(=O)N/N=C/c1cc(Br)ccc1O. The van der Waals surface area contributed by atoms with E-state index in [4.69, 9.17) is 0 Å². The van der Waals surface area contributed by atoms with Gasteiger partial charge in [0.1, 0.15) is 5.75 Å². The number of benzene rings is 1. The number of carbonyl (C=O) groups excluding carboxylic acids is 1. The van der Waals surface area contributed by atoms with Crippen molar-refractivity contribution < 1.29 is 9.90 Å². The van der Waals surface area contributed by atoms with E-state index < -0.39 is 17.2 Å². The number of aromatic amines is 2. The Hall–Kier alpha value is -2.68. The Morgan fingerprint density at radius 3 is 2.83 bits per heavy atom. The molecule has 0 saturated carbocycles. The van der Waals surface area contributed by atoms with E-state index in [9.17, 15) is 19.5 Å². The molecule has 1 aromatic heterocycles. The standard InChI is InChI=1S/C15H15BrN4O4/c1-8-11(14(23)19-15(24)18-8)3-5-13(22)20-17-7-9-6-10(16)2-4-12(9)21/h2,4,6-7,21H,3,5H2,1H3,(H,20,22)(H2,18,19,23,24)/b17-7+. The minimum Gasteiger partial charge on any atom is -0.507 e. The minimum atomic E-state index is -0.580. The number of hydrogen-bond donors (Lipinski definition) is 4. The lowest BCUT2D eigenvalue weighted by Gasteiger charge is -2.03. The van der Waals surface area contributed by atoms with Gasteiger partial charge in [-0.2, -0.15) is 5.10 Å². The first-order valence-corrected chi connectivity index (χ1v) is 7.78. The highest BCUT2D eigenvalue weighted by Crippen LogP contribution is 2.19. The highest BCUT2D eigenvalue weighted by Gasteiger charge is 2.08. The van der Waals surface area contributed by atoms with Crippen molar-refractivity contribution >= 4 is 28.1 Å². The maximum Gasteiger partial charge on any atom is 0.325 e. The van der Waals surface area contributed by atoms with Gasteiger partial charge in [0.25, 0.3) is 5.56 Å². The first-order valence-electron chi connectivity index (χ1n) is 6.99. The Labute approximate surface area is 144 Å². The molecule has 24 heavy (non-hydrogen) atoms. The third kappa shape index (κ3) is 4.66. The number of aromatic hydroxyl groups is 1. The second kappa shape index (κ2) is 7.73. The molecule has 0 atom stereocenters. The molecule has 0 fully saturated rings. The fourth-order valence-electron chi connectivity index (χ4n) is 2.02. The monoisotopic (exact) mass is 394 g/mol. The van der Waals surface area contributed by atoms with Crippen LogP contribution in [0.3, 0.4) is 0 Å². The van der Waals surface area contributed by atoms with E-state index in [1.165, 1.54) is 12.3 Å². The molecule has 1 heterocycles. The van der Waals surface area contributed by atoms with Gasteiger partial charge in [0, 0.05) is 27.7 Å². The van der Waals surface area contributed by atoms with E-state index in [1.54, 1.807) is 19.1 Å². The van der Waals surface area contributed by atoms with E-state index in [-0.39, 0.29) is 18.6 Å². The number of phenolic OH excluding ortho intramolecular Hbond substituents is 1. The maximum atomic E-state index is 11.8. The van der Waals surface area contributed by atoms with Crippen molar-refractivity contribution in [2.75, 3.05) is 0 Å². The third-order valence-corrected chi connectivity index (χ3v) is 3.73. The van der Waals surface area contributed by atoms with Gasteiger partial charge in [-0.25, -0.2) is 10.2 Å². The predicted octanol–water partition coefficient (Wildman–Crippen LogP) is 0.923. The molecule has 0 aliphatic rings. The Kier molecular flexibility index (Phi) is 5.69. The van der Waals surface area contributed by atoms with Gasteiger partial charge >= 0.3 is 5.69 Å². The van der Waals surface area contributed by atoms with Crippen molar-refractivity contribution in [3.05, 3.63) is 60.3 Å². The molecule has 0 unspecified atom stereocenters. The summed E-state index contributed by atoms with van der Waals surface area (Å²) in [5.41, 5.74) is 2.45. The summed E-state index contributed by atoms with van der Waals surface area (Å²) in [6, 6.07) is 4.82. The van der Waals surface area contributed by atoms with Gasteiger partial charge in [0.15, 0.2) is 0 Å². The number of hydrazone groups is 1. The molecular formula is C15H15BrN4O4. The van der Waals surface area contributed by atoms with Gasteiger partial charge in [0.05, 0.1) is 6.21 Å². The average molecular weight is 395 g/mol. The number of carbonyl (C=O) groups is 1. The van der Waals surface area contributed by atoms with Crippen molar-refractivity contribution in [3.63, 3.8) is 0 Å². The smallest absolute Gasteiger partial charge is 0.325 e. The lowest BCUT2D eigenvalue weighted by Crippen LogP contribution is -2.28. The summed E-state index contributed by atoms with van der Waals surface area (Å²) in [6.07, 6.45) is 1.51. The number of amides is 1. The van der Waals surface area contributed by atoms with Crippen molar-refractivity contribution in [3.8, 4) is 5.75 Å². The van der Waals surface area contributed by atoms with Gasteiger partial charge in [-0.05, 0) is 31.5 Å². The van der Waals surface area contributed by atoms with E-state index in [2.05, 4.69) is 36.4 Å². The first-order chi connectivity index (χ1) is 11.4. The summed E-state index contributed by atoms with van der Waals surface area (Å²) in [7, 11) is 0. The van der Waals surface area contributed by atoms with Crippen molar-refractivity contribution in [2.24, 2.45) is 5.10 Å². The molecule has 8 nitrogen and oxygen atoms in total. The van der Waals surface area contributed by atoms with E-state index in [1.807, 2.05) is 0 Å². The summed E-state index contributed by atoms with van der Waals surface area (Å²) in [6.45, 7) is 1.60. The van der Waals surface area contributed by atoms with Gasteiger partial charge in [-0.1, -0.05) is 15.9 Å². The fourth-order valence-corrected chi connectivity index (χ4v) is 2.40. The molecule has 1 amide bonds. The number of nitrogens with zero attached hydrogens (tertiary/aromatic N) is 1. The van der Waals surface area contributed by atoms with Gasteiger partial charge in [-0.15, -0.1) is 0 Å². The molecule has 4 N–H and O–H groups in total. The van der Waals surface area contributed by atoms with Crippen molar-refractivity contribution in [2.45, 2.75) is 19.8 Å². The number of phenols is 1. The maximum absolute atomic E-state index is 11.8. The summed E-state index contributed by atoms with van der Waals surface area (Å²) < 4.78 is 0.765. The zero-order valence-corrected chi connectivity index (χ0v) is 14.3. The average Bonchev–Trinajstić information content (AvgIpc) is 2.49. The molecule has 2 aromatic rings. The Morgan fingerprint density at radius 1 is 1.38 bits per heavy atom. The molecule has 2 rings (SSSR count). The zero-order chi connectivity index (χ0) is 17.7. The van der Waals surface area contributed by atoms with Gasteiger partial charge in [0.2, 0.25) is 5.91 Å². The van der Waals surface area contributed by atoms with Crippen LogP contribution in [0.15, 0.2) is 37.4 Å². The number of aromatic nitrogens is 2. The van der Waals surface area contributed by atoms with Gasteiger partial charge in [-0.3, -0.25) is 14.6 Å². The molecule has 0 saturated heterocycles. The number of nitrogens with one attached hydrogen (secondary N) is 3. The molecular weight excluding hydrogens is 380 g/mol. The highest BCUT2D eigenvalue weighted by molar-refractivity contribution is 9.10. The minimum absolute atomic E-state index is 0.0256. The topological polar surface area (TPSA) is 127 Å². The van der Waals surface area contributed by atoms with Crippen molar-refractivity contribution in [1.29, 1.82) is 0 Å². The quantitative estimate of drug-likeness (QED) is 0.444. The molecule has 0 aliphatic heterocycles. The van der Waals surface area contributed by atoms with E-state index >= 15 is 0 Å². The largest absolute Gasteiger partial charge is 0.507 e. The zero-order valence-electron chi connectivity index (χ0n) is 12.7. The van der Waals surface area contributed by atoms with Gasteiger partial charge < -0.3 is 10.1 Å². The summed E-state index contributed by atoms with van der Waals surface area (Å²) in [5, 5.41) is 13.4. The number of rotatable bonds is 5. The Morgan fingerprint density at radius 2 is 2.12 bits per heavy atom. The Bertz CT molecular complexity index is 901. The van der Waals surface area contributed by atoms with Crippen LogP contribution in [-0.2, 0) is 11.2 Å². The van der Waals surface area contributed by atoms with Crippen LogP contribution in [0.4, 0.5) is 0 Å². The molecule has 0 radical (unpaired) electrons. The van der Waals surface area contributed by atoms with Crippen LogP contribution < -0.4 is 16.7 Å². The molecule has 1 aromatic carbocycles. The van der Waals surface area contributed by atoms with E-state index in [0.717, 1.165) is 4.47 Å². The number of hydrogen-bond acceptors (Lipinski definition) is 5. The molecule has 9 heteroatoms.